The smallest absolute Gasteiger partial charge is 0.0273 e. The van der Waals surface area contributed by atoms with Gasteiger partial charge in [0, 0.05) is 12.4 Å². The van der Waals surface area contributed by atoms with Crippen molar-refractivity contribution in [3.05, 3.63) is 225 Å². The minimum Gasteiger partial charge on any atom is -0.265 e. The molecule has 0 aliphatic carbocycles. The number of benzene rings is 9. The molecule has 0 bridgehead atoms. The standard InChI is InChI=1S/C55H37N/c1-5-18-38(19-6-1)49-37-50(54(40-22-9-3-10-23-40)55(41-24-11-4-12-25-41)53(49)39-20-7-2-8-21-39)43-26-17-27-44(36-43)52-47-30-15-13-28-45(47)51(42-32-34-56-35-33-42)46-29-14-16-31-48(46)52/h1-37H. The first kappa shape index (κ1) is 33.2. The summed E-state index contributed by atoms with van der Waals surface area (Å²) in [6, 6.07) is 77.2. The lowest BCUT2D eigenvalue weighted by atomic mass is 9.78. The zero-order chi connectivity index (χ0) is 37.3. The van der Waals surface area contributed by atoms with Gasteiger partial charge in [0.2, 0.25) is 0 Å². The van der Waals surface area contributed by atoms with Crippen LogP contribution in [0.4, 0.5) is 0 Å². The molecule has 1 nitrogen and oxygen atoms in total. The number of nitrogens with zero attached hydrogens (tertiary/aromatic N) is 1. The van der Waals surface area contributed by atoms with Gasteiger partial charge >= 0.3 is 0 Å². The Hall–Kier alpha value is -7.35. The third kappa shape index (κ3) is 5.87. The summed E-state index contributed by atoms with van der Waals surface area (Å²) < 4.78 is 0. The Morgan fingerprint density at radius 2 is 0.554 bits per heavy atom. The Morgan fingerprint density at radius 3 is 1.04 bits per heavy atom. The molecule has 0 N–H and O–H groups in total. The maximum Gasteiger partial charge on any atom is 0.0273 e. The number of rotatable bonds is 7. The predicted molar refractivity (Wildman–Crippen MR) is 237 cm³/mol. The number of hydrogen-bond acceptors (Lipinski definition) is 1. The number of hydrogen-bond donors (Lipinski definition) is 0. The first-order valence-electron chi connectivity index (χ1n) is 19.2. The molecule has 0 aliphatic heterocycles. The van der Waals surface area contributed by atoms with Crippen molar-refractivity contribution in [2.24, 2.45) is 0 Å². The number of aromatic nitrogens is 1. The van der Waals surface area contributed by atoms with Gasteiger partial charge in [0.1, 0.15) is 0 Å². The summed E-state index contributed by atoms with van der Waals surface area (Å²) in [5.74, 6) is 0. The van der Waals surface area contributed by atoms with Gasteiger partial charge in [0.25, 0.3) is 0 Å². The zero-order valence-electron chi connectivity index (χ0n) is 30.8. The van der Waals surface area contributed by atoms with Gasteiger partial charge in [-0.05, 0) is 124 Å². The number of fused-ring (bicyclic) bond motifs is 2. The number of pyridine rings is 1. The van der Waals surface area contributed by atoms with Gasteiger partial charge in [-0.25, -0.2) is 0 Å². The molecule has 0 fully saturated rings. The third-order valence-electron chi connectivity index (χ3n) is 11.0. The van der Waals surface area contributed by atoms with Gasteiger partial charge in [-0.2, -0.15) is 0 Å². The van der Waals surface area contributed by atoms with Crippen molar-refractivity contribution < 1.29 is 0 Å². The summed E-state index contributed by atoms with van der Waals surface area (Å²) in [7, 11) is 0. The Labute approximate surface area is 327 Å². The highest BCUT2D eigenvalue weighted by atomic mass is 14.6. The van der Waals surface area contributed by atoms with Gasteiger partial charge in [0.15, 0.2) is 0 Å². The van der Waals surface area contributed by atoms with E-state index in [0.29, 0.717) is 0 Å². The summed E-state index contributed by atoms with van der Waals surface area (Å²) in [5, 5.41) is 4.92. The maximum absolute atomic E-state index is 4.34. The Bertz CT molecular complexity index is 2920. The van der Waals surface area contributed by atoms with E-state index in [1.54, 1.807) is 0 Å². The van der Waals surface area contributed by atoms with E-state index in [-0.39, 0.29) is 0 Å². The molecule has 1 heteroatoms. The van der Waals surface area contributed by atoms with E-state index in [2.05, 4.69) is 217 Å². The first-order chi connectivity index (χ1) is 27.8. The van der Waals surface area contributed by atoms with Crippen LogP contribution in [0.1, 0.15) is 0 Å². The van der Waals surface area contributed by atoms with Crippen molar-refractivity contribution in [1.29, 1.82) is 0 Å². The van der Waals surface area contributed by atoms with Crippen LogP contribution in [-0.4, -0.2) is 4.98 Å². The highest BCUT2D eigenvalue weighted by Crippen LogP contribution is 2.51. The van der Waals surface area contributed by atoms with Crippen LogP contribution < -0.4 is 0 Å². The van der Waals surface area contributed by atoms with E-state index in [1.807, 2.05) is 12.4 Å². The maximum atomic E-state index is 4.34. The molecule has 9 aromatic carbocycles. The monoisotopic (exact) mass is 711 g/mol. The van der Waals surface area contributed by atoms with E-state index in [9.17, 15) is 0 Å². The molecule has 262 valence electrons. The van der Waals surface area contributed by atoms with E-state index in [0.717, 1.165) is 0 Å². The second-order valence-electron chi connectivity index (χ2n) is 14.2. The average molecular weight is 712 g/mol. The van der Waals surface area contributed by atoms with E-state index < -0.39 is 0 Å². The molecule has 1 heterocycles. The van der Waals surface area contributed by atoms with Crippen molar-refractivity contribution in [1.82, 2.24) is 4.98 Å². The van der Waals surface area contributed by atoms with Crippen LogP contribution in [0.15, 0.2) is 225 Å². The molecule has 10 rings (SSSR count). The van der Waals surface area contributed by atoms with Crippen LogP contribution in [0.25, 0.3) is 99.4 Å². The minimum absolute atomic E-state index is 1.17. The van der Waals surface area contributed by atoms with Gasteiger partial charge in [-0.15, -0.1) is 0 Å². The largest absolute Gasteiger partial charge is 0.265 e. The lowest BCUT2D eigenvalue weighted by molar-refractivity contribution is 1.33. The van der Waals surface area contributed by atoms with Gasteiger partial charge in [-0.3, -0.25) is 4.98 Å². The fourth-order valence-corrected chi connectivity index (χ4v) is 8.57. The van der Waals surface area contributed by atoms with Crippen LogP contribution in [0.2, 0.25) is 0 Å². The molecule has 0 unspecified atom stereocenters. The molecular formula is C55H37N. The SMILES string of the molecule is c1ccc(-c2cc(-c3cccc(-c4c5ccccc5c(-c5ccncc5)c5ccccc45)c3)c(-c3ccccc3)c(-c3ccccc3)c2-c2ccccc2)cc1. The first-order valence-corrected chi connectivity index (χ1v) is 19.2. The van der Waals surface area contributed by atoms with Crippen LogP contribution in [0.3, 0.4) is 0 Å². The van der Waals surface area contributed by atoms with Crippen molar-refractivity contribution in [3.63, 3.8) is 0 Å². The summed E-state index contributed by atoms with van der Waals surface area (Å²) >= 11 is 0. The van der Waals surface area contributed by atoms with Gasteiger partial charge in [0.05, 0.1) is 0 Å². The molecule has 0 radical (unpaired) electrons. The van der Waals surface area contributed by atoms with E-state index >= 15 is 0 Å². The Balaban J connectivity index is 1.32. The van der Waals surface area contributed by atoms with E-state index in [4.69, 9.17) is 0 Å². The van der Waals surface area contributed by atoms with Crippen LogP contribution in [0, 0.1) is 0 Å². The summed E-state index contributed by atoms with van der Waals surface area (Å²) in [6.07, 6.45) is 3.77. The van der Waals surface area contributed by atoms with Crippen LogP contribution in [-0.2, 0) is 0 Å². The van der Waals surface area contributed by atoms with Crippen molar-refractivity contribution >= 4 is 21.5 Å². The highest BCUT2D eigenvalue weighted by molar-refractivity contribution is 6.21. The summed E-state index contributed by atoms with van der Waals surface area (Å²) in [5.41, 5.74) is 16.8. The molecule has 10 aromatic rings. The van der Waals surface area contributed by atoms with Crippen LogP contribution >= 0.6 is 0 Å². The second kappa shape index (κ2) is 14.5. The minimum atomic E-state index is 1.17. The highest BCUT2D eigenvalue weighted by Gasteiger charge is 2.24. The van der Waals surface area contributed by atoms with Crippen molar-refractivity contribution in [2.75, 3.05) is 0 Å². The Kier molecular flexibility index (Phi) is 8.59. The predicted octanol–water partition coefficient (Wildman–Crippen LogP) is 15.1. The molecule has 0 saturated heterocycles. The van der Waals surface area contributed by atoms with Gasteiger partial charge in [-0.1, -0.05) is 188 Å². The summed E-state index contributed by atoms with van der Waals surface area (Å²) in [6.45, 7) is 0. The Morgan fingerprint density at radius 1 is 0.214 bits per heavy atom. The molecule has 1 aromatic heterocycles. The molecule has 0 aliphatic rings. The summed E-state index contributed by atoms with van der Waals surface area (Å²) in [4.78, 5) is 4.34. The fourth-order valence-electron chi connectivity index (χ4n) is 8.57. The molecule has 0 spiro atoms. The second-order valence-corrected chi connectivity index (χ2v) is 14.2. The molecule has 0 amide bonds. The molecule has 56 heavy (non-hydrogen) atoms. The van der Waals surface area contributed by atoms with Crippen molar-refractivity contribution in [3.8, 4) is 77.9 Å². The third-order valence-corrected chi connectivity index (χ3v) is 11.0. The lowest BCUT2D eigenvalue weighted by Gasteiger charge is -2.25. The average Bonchev–Trinajstić information content (AvgIpc) is 3.29. The quantitative estimate of drug-likeness (QED) is 0.150. The fraction of sp³-hybridized carbons (Fsp3) is 0. The van der Waals surface area contributed by atoms with E-state index in [1.165, 1.54) is 99.4 Å². The zero-order valence-corrected chi connectivity index (χ0v) is 30.8. The normalized spacial score (nSPS) is 11.2. The lowest BCUT2D eigenvalue weighted by Crippen LogP contribution is -1.98. The van der Waals surface area contributed by atoms with Gasteiger partial charge < -0.3 is 0 Å². The topological polar surface area (TPSA) is 12.9 Å². The van der Waals surface area contributed by atoms with Crippen molar-refractivity contribution in [2.45, 2.75) is 0 Å². The molecular weight excluding hydrogens is 675 g/mol. The molecule has 0 atom stereocenters. The molecule has 0 saturated carbocycles. The van der Waals surface area contributed by atoms with Crippen LogP contribution in [0.5, 0.6) is 0 Å².